The van der Waals surface area contributed by atoms with Crippen molar-refractivity contribution >= 4 is 11.8 Å². The summed E-state index contributed by atoms with van der Waals surface area (Å²) in [5.41, 5.74) is 0.519. The number of hydrogen-bond donors (Lipinski definition) is 0. The summed E-state index contributed by atoms with van der Waals surface area (Å²) >= 11 is 2.03. The molecule has 0 saturated carbocycles. The average molecular weight is 161 g/mol. The van der Waals surface area contributed by atoms with Crippen LogP contribution in [0.5, 0.6) is 0 Å². The highest BCUT2D eigenvalue weighted by Crippen LogP contribution is 2.32. The summed E-state index contributed by atoms with van der Waals surface area (Å²) in [4.78, 5) is 2.31. The Morgan fingerprint density at radius 2 is 1.60 bits per heavy atom. The van der Waals surface area contributed by atoms with Crippen LogP contribution in [-0.2, 0) is 0 Å². The predicted molar refractivity (Wildman–Crippen MR) is 50.8 cm³/mol. The van der Waals surface area contributed by atoms with E-state index in [1.165, 1.54) is 11.5 Å². The molecule has 0 aliphatic carbocycles. The van der Waals surface area contributed by atoms with Gasteiger partial charge in [-0.25, -0.2) is 0 Å². The largest absolute Gasteiger partial charge is 0.302 e. The van der Waals surface area contributed by atoms with Crippen molar-refractivity contribution in [3.63, 3.8) is 0 Å². The Kier molecular flexibility index (Phi) is 4.37. The van der Waals surface area contributed by atoms with Crippen molar-refractivity contribution in [1.29, 1.82) is 0 Å². The topological polar surface area (TPSA) is 3.24 Å². The van der Waals surface area contributed by atoms with E-state index in [2.05, 4.69) is 25.9 Å². The molecule has 1 fully saturated rings. The lowest BCUT2D eigenvalue weighted by molar-refractivity contribution is 0.216. The second-order valence-corrected chi connectivity index (χ2v) is 3.87. The highest BCUT2D eigenvalue weighted by molar-refractivity contribution is 8.00. The van der Waals surface area contributed by atoms with Gasteiger partial charge in [0.2, 0.25) is 0 Å². The van der Waals surface area contributed by atoms with E-state index in [9.17, 15) is 0 Å². The molecule has 0 N–H and O–H groups in total. The van der Waals surface area contributed by atoms with E-state index in [4.69, 9.17) is 0 Å². The third-order valence-electron chi connectivity index (χ3n) is 1.91. The van der Waals surface area contributed by atoms with E-state index in [1.54, 1.807) is 0 Å². The Hall–Kier alpha value is 0.310. The maximum absolute atomic E-state index is 2.31. The van der Waals surface area contributed by atoms with Crippen molar-refractivity contribution in [3.8, 4) is 0 Å². The summed E-state index contributed by atoms with van der Waals surface area (Å²) in [6.45, 7) is 6.31. The minimum absolute atomic E-state index is 0.519. The maximum Gasteiger partial charge on any atom is 0.0355 e. The molecule has 0 aromatic heterocycles. The normalized spacial score (nSPS) is 21.0. The number of nitrogens with zero attached hydrogens (tertiary/aromatic N) is 1. The van der Waals surface area contributed by atoms with Gasteiger partial charge in [-0.15, -0.1) is 0 Å². The quantitative estimate of drug-likeness (QED) is 0.579. The molecule has 0 spiro atoms. The molecular weight excluding hydrogens is 142 g/mol. The summed E-state index contributed by atoms with van der Waals surface area (Å²) in [6, 6.07) is 0. The molecule has 1 heterocycles. The fraction of sp³-hybridized carbons (Fsp3) is 1.00. The van der Waals surface area contributed by atoms with Crippen LogP contribution in [0.25, 0.3) is 0 Å². The molecule has 0 bridgehead atoms. The smallest absolute Gasteiger partial charge is 0.0355 e. The lowest BCUT2D eigenvalue weighted by atomic mass is 10.1. The third-order valence-corrected chi connectivity index (χ3v) is 3.56. The minimum Gasteiger partial charge on any atom is -0.302 e. The molecule has 0 unspecified atom stereocenters. The van der Waals surface area contributed by atoms with Gasteiger partial charge < -0.3 is 4.90 Å². The van der Waals surface area contributed by atoms with Crippen LogP contribution < -0.4 is 0 Å². The first-order valence-corrected chi connectivity index (χ1v) is 5.06. The molecule has 1 saturated heterocycles. The molecule has 10 heavy (non-hydrogen) atoms. The summed E-state index contributed by atoms with van der Waals surface area (Å²) in [7, 11) is 4.30. The maximum atomic E-state index is 2.31. The Morgan fingerprint density at radius 1 is 1.20 bits per heavy atom. The Morgan fingerprint density at radius 3 is 1.60 bits per heavy atom. The first-order chi connectivity index (χ1) is 4.65. The molecule has 0 radical (unpaired) electrons. The van der Waals surface area contributed by atoms with Crippen LogP contribution in [0.4, 0.5) is 0 Å². The van der Waals surface area contributed by atoms with Crippen molar-refractivity contribution in [1.82, 2.24) is 4.90 Å². The van der Waals surface area contributed by atoms with Crippen molar-refractivity contribution in [3.05, 3.63) is 0 Å². The van der Waals surface area contributed by atoms with Crippen molar-refractivity contribution < 1.29 is 0 Å². The van der Waals surface area contributed by atoms with Crippen molar-refractivity contribution in [2.75, 3.05) is 25.6 Å². The monoisotopic (exact) mass is 161 g/mol. The van der Waals surface area contributed by atoms with Gasteiger partial charge in [-0.2, -0.15) is 11.8 Å². The zero-order valence-electron chi connectivity index (χ0n) is 7.77. The van der Waals surface area contributed by atoms with Gasteiger partial charge >= 0.3 is 0 Å². The van der Waals surface area contributed by atoms with Gasteiger partial charge in [0, 0.05) is 17.0 Å². The first kappa shape index (κ1) is 10.3. The highest BCUT2D eigenvalue weighted by Gasteiger charge is 2.34. The van der Waals surface area contributed by atoms with E-state index >= 15 is 0 Å². The lowest BCUT2D eigenvalue weighted by Gasteiger charge is -2.43. The van der Waals surface area contributed by atoms with Gasteiger partial charge in [0.05, 0.1) is 0 Å². The van der Waals surface area contributed by atoms with E-state index in [0.29, 0.717) is 5.54 Å². The van der Waals surface area contributed by atoms with Crippen LogP contribution in [0.2, 0.25) is 0 Å². The van der Waals surface area contributed by atoms with Gasteiger partial charge in [-0.05, 0) is 21.0 Å². The Bertz CT molecular complexity index is 87.3. The second kappa shape index (κ2) is 4.24. The van der Waals surface area contributed by atoms with Crippen molar-refractivity contribution in [2.24, 2.45) is 0 Å². The van der Waals surface area contributed by atoms with Crippen LogP contribution in [0.15, 0.2) is 0 Å². The summed E-state index contributed by atoms with van der Waals surface area (Å²) < 4.78 is 0. The van der Waals surface area contributed by atoms with Crippen molar-refractivity contribution in [2.45, 2.75) is 26.3 Å². The van der Waals surface area contributed by atoms with Gasteiger partial charge in [0.25, 0.3) is 0 Å². The van der Waals surface area contributed by atoms with Crippen LogP contribution in [0.3, 0.4) is 0 Å². The van der Waals surface area contributed by atoms with Crippen LogP contribution in [-0.4, -0.2) is 36.0 Å². The SMILES string of the molecule is CC.CN(C)C1(C)CSC1. The van der Waals surface area contributed by atoms with Gasteiger partial charge in [-0.3, -0.25) is 0 Å². The molecule has 1 aliphatic rings. The molecule has 0 atom stereocenters. The lowest BCUT2D eigenvalue weighted by Crippen LogP contribution is -2.52. The van der Waals surface area contributed by atoms with Crippen LogP contribution in [0.1, 0.15) is 20.8 Å². The third kappa shape index (κ3) is 2.17. The van der Waals surface area contributed by atoms with E-state index in [1.807, 2.05) is 25.6 Å². The van der Waals surface area contributed by atoms with E-state index in [0.717, 1.165) is 0 Å². The first-order valence-electron chi connectivity index (χ1n) is 3.90. The van der Waals surface area contributed by atoms with E-state index in [-0.39, 0.29) is 0 Å². The fourth-order valence-corrected chi connectivity index (χ4v) is 1.97. The highest BCUT2D eigenvalue weighted by atomic mass is 32.2. The van der Waals surface area contributed by atoms with Gasteiger partial charge in [0.15, 0.2) is 0 Å². The van der Waals surface area contributed by atoms with Crippen LogP contribution >= 0.6 is 11.8 Å². The molecule has 0 aromatic carbocycles. The number of hydrogen-bond acceptors (Lipinski definition) is 2. The molecule has 2 heteroatoms. The van der Waals surface area contributed by atoms with Crippen LogP contribution in [0, 0.1) is 0 Å². The zero-order chi connectivity index (χ0) is 8.20. The molecule has 62 valence electrons. The summed E-state index contributed by atoms with van der Waals surface area (Å²) in [5, 5.41) is 0. The number of thioether (sulfide) groups is 1. The zero-order valence-corrected chi connectivity index (χ0v) is 8.59. The fourth-order valence-electron chi connectivity index (χ4n) is 0.656. The summed E-state index contributed by atoms with van der Waals surface area (Å²) in [5.74, 6) is 2.61. The molecule has 0 amide bonds. The summed E-state index contributed by atoms with van der Waals surface area (Å²) in [6.07, 6.45) is 0. The Labute approximate surface area is 69.2 Å². The number of rotatable bonds is 1. The molecular formula is C8H19NS. The van der Waals surface area contributed by atoms with Gasteiger partial charge in [-0.1, -0.05) is 13.8 Å². The molecule has 1 aliphatic heterocycles. The average Bonchev–Trinajstić information content (AvgIpc) is 1.87. The molecule has 1 nitrogen and oxygen atoms in total. The van der Waals surface area contributed by atoms with E-state index < -0.39 is 0 Å². The predicted octanol–water partition coefficient (Wildman–Crippen LogP) is 2.08. The van der Waals surface area contributed by atoms with Gasteiger partial charge in [0.1, 0.15) is 0 Å². The minimum atomic E-state index is 0.519. The molecule has 0 aromatic rings. The standard InChI is InChI=1S/C6H13NS.C2H6/c1-6(7(2)3)4-8-5-6;1-2/h4-5H2,1-3H3;1-2H3. The Balaban J connectivity index is 0.000000371. The molecule has 1 rings (SSSR count). The second-order valence-electron chi connectivity index (χ2n) is 2.88.